The van der Waals surface area contributed by atoms with Crippen LogP contribution in [-0.4, -0.2) is 46.3 Å². The maximum atomic E-state index is 12.8. The molecule has 0 aliphatic carbocycles. The van der Waals surface area contributed by atoms with Crippen LogP contribution in [0.15, 0.2) is 47.5 Å². The molecule has 7 nitrogen and oxygen atoms in total. The van der Waals surface area contributed by atoms with Gasteiger partial charge in [0.25, 0.3) is 0 Å². The van der Waals surface area contributed by atoms with Crippen molar-refractivity contribution in [2.45, 2.75) is 25.5 Å². The Labute approximate surface area is 200 Å². The highest BCUT2D eigenvalue weighted by Crippen LogP contribution is 2.34. The number of benzene rings is 2. The molecule has 1 N–H and O–H groups in total. The molecule has 0 aromatic heterocycles. The van der Waals surface area contributed by atoms with Gasteiger partial charge < -0.3 is 10.1 Å². The summed E-state index contributed by atoms with van der Waals surface area (Å²) in [6, 6.07) is 11.3. The average Bonchev–Trinajstić information content (AvgIpc) is 3.04. The highest BCUT2D eigenvalue weighted by molar-refractivity contribution is 8.15. The third-order valence-electron chi connectivity index (χ3n) is 4.51. The summed E-state index contributed by atoms with van der Waals surface area (Å²) in [5, 5.41) is 3.50. The molecule has 2 aromatic carbocycles. The summed E-state index contributed by atoms with van der Waals surface area (Å²) in [5.74, 6) is -0.929. The van der Waals surface area contributed by atoms with Gasteiger partial charge in [0, 0.05) is 23.7 Å². The monoisotopic (exact) mass is 493 g/mol. The van der Waals surface area contributed by atoms with E-state index in [1.807, 2.05) is 6.92 Å². The summed E-state index contributed by atoms with van der Waals surface area (Å²) in [6.07, 6.45) is -0.0208. The average molecular weight is 494 g/mol. The van der Waals surface area contributed by atoms with Crippen LogP contribution < -0.4 is 5.32 Å². The second-order valence-electron chi connectivity index (χ2n) is 6.73. The zero-order valence-corrected chi connectivity index (χ0v) is 19.8. The number of nitrogens with zero attached hydrogens (tertiary/aromatic N) is 2. The Morgan fingerprint density at radius 3 is 2.50 bits per heavy atom. The van der Waals surface area contributed by atoms with E-state index < -0.39 is 11.2 Å². The van der Waals surface area contributed by atoms with E-state index in [-0.39, 0.29) is 24.8 Å². The number of hydrogen-bond acceptors (Lipinski definition) is 6. The molecule has 1 saturated heterocycles. The molecule has 0 radical (unpaired) electrons. The van der Waals surface area contributed by atoms with E-state index >= 15 is 0 Å². The van der Waals surface area contributed by atoms with E-state index in [9.17, 15) is 14.4 Å². The normalized spacial score (nSPS) is 17.0. The van der Waals surface area contributed by atoms with Crippen LogP contribution in [0.1, 0.15) is 30.6 Å². The molecule has 0 spiro atoms. The van der Waals surface area contributed by atoms with Crippen LogP contribution in [0.25, 0.3) is 0 Å². The van der Waals surface area contributed by atoms with Gasteiger partial charge in [-0.25, -0.2) is 9.79 Å². The second-order valence-corrected chi connectivity index (χ2v) is 8.74. The third kappa shape index (κ3) is 5.82. The van der Waals surface area contributed by atoms with Gasteiger partial charge in [-0.05, 0) is 56.3 Å². The summed E-state index contributed by atoms with van der Waals surface area (Å²) in [5.41, 5.74) is 1.41. The number of aliphatic imine (C=N–C) groups is 1. The number of anilines is 1. The number of nitrogens with one attached hydrogen (secondary N) is 1. The molecule has 1 aliphatic rings. The number of hydrogen-bond donors (Lipinski definition) is 1. The molecular formula is C22H21Cl2N3O4S. The van der Waals surface area contributed by atoms with Crippen molar-refractivity contribution in [3.8, 4) is 0 Å². The third-order valence-corrected chi connectivity index (χ3v) is 6.23. The Kier molecular flexibility index (Phi) is 8.17. The first-order chi connectivity index (χ1) is 15.3. The quantitative estimate of drug-likeness (QED) is 0.538. The molecule has 1 atom stereocenters. The largest absolute Gasteiger partial charge is 0.462 e. The first-order valence-electron chi connectivity index (χ1n) is 9.91. The van der Waals surface area contributed by atoms with Crippen LogP contribution in [0.4, 0.5) is 11.4 Å². The summed E-state index contributed by atoms with van der Waals surface area (Å²) in [4.78, 5) is 43.1. The van der Waals surface area contributed by atoms with Crippen molar-refractivity contribution in [3.63, 3.8) is 0 Å². The highest BCUT2D eigenvalue weighted by Gasteiger charge is 2.38. The van der Waals surface area contributed by atoms with Gasteiger partial charge in [0.05, 0.1) is 22.9 Å². The fraction of sp³-hybridized carbons (Fsp3) is 0.273. The lowest BCUT2D eigenvalue weighted by molar-refractivity contribution is -0.128. The number of ether oxygens (including phenoxy) is 1. The first kappa shape index (κ1) is 24.1. The Hall–Kier alpha value is -2.55. The van der Waals surface area contributed by atoms with Gasteiger partial charge in [0.15, 0.2) is 5.17 Å². The summed E-state index contributed by atoms with van der Waals surface area (Å²) < 4.78 is 4.94. The van der Waals surface area contributed by atoms with Crippen molar-refractivity contribution in [1.29, 1.82) is 0 Å². The molecule has 32 heavy (non-hydrogen) atoms. The molecule has 0 saturated carbocycles. The Morgan fingerprint density at radius 1 is 1.16 bits per heavy atom. The van der Waals surface area contributed by atoms with Crippen molar-refractivity contribution < 1.29 is 19.1 Å². The fourth-order valence-corrected chi connectivity index (χ4v) is 4.64. The van der Waals surface area contributed by atoms with E-state index in [2.05, 4.69) is 10.3 Å². The zero-order chi connectivity index (χ0) is 23.3. The minimum absolute atomic E-state index is 0.0208. The minimum atomic E-state index is -0.599. The van der Waals surface area contributed by atoms with Gasteiger partial charge in [0.2, 0.25) is 11.8 Å². The lowest BCUT2D eigenvalue weighted by Gasteiger charge is -2.13. The van der Waals surface area contributed by atoms with Crippen LogP contribution >= 0.6 is 35.0 Å². The minimum Gasteiger partial charge on any atom is -0.462 e. The fourth-order valence-electron chi connectivity index (χ4n) is 2.98. The number of thioether (sulfide) groups is 1. The topological polar surface area (TPSA) is 88.1 Å². The predicted octanol–water partition coefficient (Wildman–Crippen LogP) is 5.15. The van der Waals surface area contributed by atoms with Crippen LogP contribution in [0, 0.1) is 0 Å². The van der Waals surface area contributed by atoms with Crippen LogP contribution in [-0.2, 0) is 14.3 Å². The molecule has 2 aromatic rings. The number of halogens is 2. The molecule has 2 amide bonds. The number of amides is 2. The van der Waals surface area contributed by atoms with E-state index in [1.54, 1.807) is 49.4 Å². The number of carbonyl (C=O) groups is 3. The predicted molar refractivity (Wildman–Crippen MR) is 128 cm³/mol. The molecule has 10 heteroatoms. The van der Waals surface area contributed by atoms with Gasteiger partial charge in [-0.15, -0.1) is 0 Å². The van der Waals surface area contributed by atoms with Crippen molar-refractivity contribution >= 4 is 69.3 Å². The second kappa shape index (κ2) is 10.8. The maximum Gasteiger partial charge on any atom is 0.338 e. The van der Waals surface area contributed by atoms with Crippen LogP contribution in [0.5, 0.6) is 0 Å². The summed E-state index contributed by atoms with van der Waals surface area (Å²) in [7, 11) is 0. The van der Waals surface area contributed by atoms with Crippen molar-refractivity contribution in [2.24, 2.45) is 4.99 Å². The van der Waals surface area contributed by atoms with E-state index in [1.165, 1.54) is 16.7 Å². The molecule has 0 bridgehead atoms. The summed E-state index contributed by atoms with van der Waals surface area (Å²) in [6.45, 7) is 4.28. The van der Waals surface area contributed by atoms with Gasteiger partial charge in [0.1, 0.15) is 5.25 Å². The Balaban J connectivity index is 1.66. The molecule has 1 aliphatic heterocycles. The number of amidine groups is 1. The molecule has 1 unspecified atom stereocenters. The smallest absolute Gasteiger partial charge is 0.338 e. The molecule has 1 heterocycles. The van der Waals surface area contributed by atoms with Gasteiger partial charge in [-0.2, -0.15) is 0 Å². The van der Waals surface area contributed by atoms with Gasteiger partial charge in [-0.3, -0.25) is 14.5 Å². The first-order valence-corrected chi connectivity index (χ1v) is 11.5. The van der Waals surface area contributed by atoms with Crippen molar-refractivity contribution in [2.75, 3.05) is 18.5 Å². The zero-order valence-electron chi connectivity index (χ0n) is 17.4. The molecule has 1 fully saturated rings. The number of carbonyl (C=O) groups excluding carboxylic acids is 3. The van der Waals surface area contributed by atoms with Crippen molar-refractivity contribution in [1.82, 2.24) is 4.90 Å². The number of esters is 1. The summed E-state index contributed by atoms with van der Waals surface area (Å²) >= 11 is 13.3. The molecule has 168 valence electrons. The SMILES string of the molecule is CCOC(=O)c1ccc(NC(=O)CC2SC(=Nc3ccc(Cl)cc3Cl)N(CC)C2=O)cc1. The lowest BCUT2D eigenvalue weighted by Crippen LogP contribution is -2.33. The van der Waals surface area contributed by atoms with Gasteiger partial charge in [-0.1, -0.05) is 35.0 Å². The maximum absolute atomic E-state index is 12.8. The molecule has 3 rings (SSSR count). The van der Waals surface area contributed by atoms with E-state index in [0.717, 1.165) is 0 Å². The molecular weight excluding hydrogens is 473 g/mol. The van der Waals surface area contributed by atoms with Crippen LogP contribution in [0.2, 0.25) is 10.0 Å². The highest BCUT2D eigenvalue weighted by atomic mass is 35.5. The Bertz CT molecular complexity index is 1060. The van der Waals surface area contributed by atoms with E-state index in [4.69, 9.17) is 27.9 Å². The van der Waals surface area contributed by atoms with Gasteiger partial charge >= 0.3 is 5.97 Å². The standard InChI is InChI=1S/C22H21Cl2N3O4S/c1-3-27-20(29)18(32-22(27)26-17-10-7-14(23)11-16(17)24)12-19(28)25-15-8-5-13(6-9-15)21(30)31-4-2/h5-11,18H,3-4,12H2,1-2H3,(H,25,28). The number of rotatable bonds is 7. The van der Waals surface area contributed by atoms with Crippen molar-refractivity contribution in [3.05, 3.63) is 58.1 Å². The Morgan fingerprint density at radius 2 is 1.88 bits per heavy atom. The lowest BCUT2D eigenvalue weighted by atomic mass is 10.2. The van der Waals surface area contributed by atoms with E-state index in [0.29, 0.717) is 38.7 Å². The van der Waals surface area contributed by atoms with Crippen LogP contribution in [0.3, 0.4) is 0 Å².